The van der Waals surface area contributed by atoms with Crippen LogP contribution in [0.1, 0.15) is 36.2 Å². The SMILES string of the molecule is Cc1ccc(C(=O)N2CCC(O)C2(C)C)cc1. The van der Waals surface area contributed by atoms with Crippen LogP contribution < -0.4 is 0 Å². The molecule has 0 radical (unpaired) electrons. The van der Waals surface area contributed by atoms with Gasteiger partial charge in [-0.15, -0.1) is 0 Å². The number of benzene rings is 1. The van der Waals surface area contributed by atoms with Gasteiger partial charge in [0.15, 0.2) is 0 Å². The van der Waals surface area contributed by atoms with E-state index in [4.69, 9.17) is 0 Å². The summed E-state index contributed by atoms with van der Waals surface area (Å²) < 4.78 is 0. The van der Waals surface area contributed by atoms with Crippen molar-refractivity contribution in [2.75, 3.05) is 6.54 Å². The molecule has 1 aliphatic heterocycles. The summed E-state index contributed by atoms with van der Waals surface area (Å²) in [4.78, 5) is 14.1. The summed E-state index contributed by atoms with van der Waals surface area (Å²) in [5, 5.41) is 9.87. The third kappa shape index (κ3) is 2.07. The maximum absolute atomic E-state index is 12.3. The third-order valence-corrected chi connectivity index (χ3v) is 3.68. The van der Waals surface area contributed by atoms with Crippen LogP contribution in [0.5, 0.6) is 0 Å². The smallest absolute Gasteiger partial charge is 0.254 e. The Hall–Kier alpha value is -1.35. The zero-order chi connectivity index (χ0) is 12.6. The summed E-state index contributed by atoms with van der Waals surface area (Å²) in [7, 11) is 0. The minimum atomic E-state index is -0.470. The molecular formula is C14H19NO2. The predicted molar refractivity (Wildman–Crippen MR) is 66.9 cm³/mol. The molecule has 1 unspecified atom stereocenters. The molecule has 0 aliphatic carbocycles. The first-order chi connectivity index (χ1) is 7.93. The fourth-order valence-electron chi connectivity index (χ4n) is 2.29. The Morgan fingerprint density at radius 3 is 2.41 bits per heavy atom. The van der Waals surface area contributed by atoms with Gasteiger partial charge in [0.25, 0.3) is 5.91 Å². The van der Waals surface area contributed by atoms with Crippen LogP contribution in [0.3, 0.4) is 0 Å². The lowest BCUT2D eigenvalue weighted by atomic mass is 9.98. The molecule has 92 valence electrons. The van der Waals surface area contributed by atoms with Crippen LogP contribution in [-0.4, -0.2) is 34.1 Å². The van der Waals surface area contributed by atoms with Gasteiger partial charge in [-0.25, -0.2) is 0 Å². The summed E-state index contributed by atoms with van der Waals surface area (Å²) in [6.45, 7) is 6.45. The van der Waals surface area contributed by atoms with E-state index in [1.165, 1.54) is 0 Å². The first kappa shape index (κ1) is 12.1. The summed E-state index contributed by atoms with van der Waals surface area (Å²) >= 11 is 0. The lowest BCUT2D eigenvalue weighted by Gasteiger charge is -2.33. The van der Waals surface area contributed by atoms with Crippen molar-refractivity contribution in [2.45, 2.75) is 38.8 Å². The van der Waals surface area contributed by atoms with Gasteiger partial charge in [0.1, 0.15) is 0 Å². The van der Waals surface area contributed by atoms with Gasteiger partial charge < -0.3 is 10.0 Å². The number of rotatable bonds is 1. The molecule has 0 spiro atoms. The van der Waals surface area contributed by atoms with E-state index in [9.17, 15) is 9.90 Å². The Labute approximate surface area is 102 Å². The molecule has 1 atom stereocenters. The third-order valence-electron chi connectivity index (χ3n) is 3.68. The second-order valence-electron chi connectivity index (χ2n) is 5.28. The Kier molecular flexibility index (Phi) is 2.96. The number of amides is 1. The molecule has 0 bridgehead atoms. The molecule has 17 heavy (non-hydrogen) atoms. The van der Waals surface area contributed by atoms with E-state index < -0.39 is 11.6 Å². The van der Waals surface area contributed by atoms with Crippen LogP contribution >= 0.6 is 0 Å². The fourth-order valence-corrected chi connectivity index (χ4v) is 2.29. The van der Waals surface area contributed by atoms with E-state index >= 15 is 0 Å². The van der Waals surface area contributed by atoms with Gasteiger partial charge in [-0.1, -0.05) is 17.7 Å². The molecule has 0 saturated carbocycles. The lowest BCUT2D eigenvalue weighted by Crippen LogP contribution is -2.48. The standard InChI is InChI=1S/C14H19NO2/c1-10-4-6-11(7-5-10)13(17)15-9-8-12(16)14(15,2)3/h4-7,12,16H,8-9H2,1-3H3. The summed E-state index contributed by atoms with van der Waals surface area (Å²) in [5.74, 6) is 0.00606. The molecule has 1 aromatic carbocycles. The van der Waals surface area contributed by atoms with Crippen molar-refractivity contribution in [2.24, 2.45) is 0 Å². The van der Waals surface area contributed by atoms with Crippen molar-refractivity contribution < 1.29 is 9.90 Å². The molecule has 1 amide bonds. The number of likely N-dealkylation sites (tertiary alicyclic amines) is 1. The summed E-state index contributed by atoms with van der Waals surface area (Å²) in [6, 6.07) is 7.57. The van der Waals surface area contributed by atoms with Crippen molar-refractivity contribution in [1.29, 1.82) is 0 Å². The molecule has 3 nitrogen and oxygen atoms in total. The second kappa shape index (κ2) is 4.15. The van der Waals surface area contributed by atoms with Gasteiger partial charge in [0.05, 0.1) is 11.6 Å². The van der Waals surface area contributed by atoms with Crippen LogP contribution in [0.15, 0.2) is 24.3 Å². The van der Waals surface area contributed by atoms with Gasteiger partial charge in [0.2, 0.25) is 0 Å². The highest BCUT2D eigenvalue weighted by Crippen LogP contribution is 2.30. The van der Waals surface area contributed by atoms with Crippen molar-refractivity contribution in [3.05, 3.63) is 35.4 Å². The Balaban J connectivity index is 2.24. The monoisotopic (exact) mass is 233 g/mol. The summed E-state index contributed by atoms with van der Waals surface area (Å²) in [5.41, 5.74) is 1.36. The van der Waals surface area contributed by atoms with Crippen LogP contribution in [0.25, 0.3) is 0 Å². The van der Waals surface area contributed by atoms with Gasteiger partial charge in [-0.2, -0.15) is 0 Å². The molecule has 1 saturated heterocycles. The van der Waals surface area contributed by atoms with Gasteiger partial charge in [-0.3, -0.25) is 4.79 Å². The van der Waals surface area contributed by atoms with E-state index in [1.54, 1.807) is 4.90 Å². The van der Waals surface area contributed by atoms with Gasteiger partial charge in [-0.05, 0) is 39.3 Å². The average molecular weight is 233 g/mol. The molecule has 1 aromatic rings. The normalized spacial score (nSPS) is 22.8. The number of aliphatic hydroxyl groups excluding tert-OH is 1. The molecule has 3 heteroatoms. The highest BCUT2D eigenvalue weighted by Gasteiger charge is 2.42. The zero-order valence-corrected chi connectivity index (χ0v) is 10.6. The van der Waals surface area contributed by atoms with E-state index in [0.717, 1.165) is 5.56 Å². The van der Waals surface area contributed by atoms with Crippen molar-refractivity contribution in [3.63, 3.8) is 0 Å². The average Bonchev–Trinajstić information content (AvgIpc) is 2.54. The zero-order valence-electron chi connectivity index (χ0n) is 10.6. The van der Waals surface area contributed by atoms with Crippen LogP contribution in [-0.2, 0) is 0 Å². The van der Waals surface area contributed by atoms with E-state index in [2.05, 4.69) is 0 Å². The molecule has 1 fully saturated rings. The minimum Gasteiger partial charge on any atom is -0.391 e. The Morgan fingerprint density at radius 1 is 1.35 bits per heavy atom. The Bertz CT molecular complexity index is 422. The van der Waals surface area contributed by atoms with E-state index in [0.29, 0.717) is 18.5 Å². The van der Waals surface area contributed by atoms with E-state index in [1.807, 2.05) is 45.0 Å². The Morgan fingerprint density at radius 2 is 1.94 bits per heavy atom. The lowest BCUT2D eigenvalue weighted by molar-refractivity contribution is 0.0394. The molecule has 1 heterocycles. The quantitative estimate of drug-likeness (QED) is 0.805. The van der Waals surface area contributed by atoms with Crippen molar-refractivity contribution in [1.82, 2.24) is 4.90 Å². The van der Waals surface area contributed by atoms with Crippen LogP contribution in [0, 0.1) is 6.92 Å². The van der Waals surface area contributed by atoms with Crippen LogP contribution in [0.4, 0.5) is 0 Å². The number of nitrogens with zero attached hydrogens (tertiary/aromatic N) is 1. The maximum Gasteiger partial charge on any atom is 0.254 e. The molecular weight excluding hydrogens is 214 g/mol. The second-order valence-corrected chi connectivity index (χ2v) is 5.28. The number of carbonyl (C=O) groups is 1. The number of hydrogen-bond donors (Lipinski definition) is 1. The van der Waals surface area contributed by atoms with Gasteiger partial charge >= 0.3 is 0 Å². The first-order valence-electron chi connectivity index (χ1n) is 5.99. The van der Waals surface area contributed by atoms with Crippen molar-refractivity contribution in [3.8, 4) is 0 Å². The van der Waals surface area contributed by atoms with Gasteiger partial charge in [0, 0.05) is 12.1 Å². The number of aryl methyl sites for hydroxylation is 1. The molecule has 0 aromatic heterocycles. The molecule has 2 rings (SSSR count). The first-order valence-corrected chi connectivity index (χ1v) is 5.99. The summed E-state index contributed by atoms with van der Waals surface area (Å²) in [6.07, 6.45) is 0.224. The topological polar surface area (TPSA) is 40.5 Å². The van der Waals surface area contributed by atoms with Crippen molar-refractivity contribution >= 4 is 5.91 Å². The largest absolute Gasteiger partial charge is 0.391 e. The number of hydrogen-bond acceptors (Lipinski definition) is 2. The molecule has 1 aliphatic rings. The number of carbonyl (C=O) groups excluding carboxylic acids is 1. The van der Waals surface area contributed by atoms with Crippen LogP contribution in [0.2, 0.25) is 0 Å². The fraction of sp³-hybridized carbons (Fsp3) is 0.500. The number of aliphatic hydroxyl groups is 1. The maximum atomic E-state index is 12.3. The highest BCUT2D eigenvalue weighted by atomic mass is 16.3. The minimum absolute atomic E-state index is 0.00606. The highest BCUT2D eigenvalue weighted by molar-refractivity contribution is 5.95. The predicted octanol–water partition coefficient (Wildman–Crippen LogP) is 1.98. The van der Waals surface area contributed by atoms with E-state index in [-0.39, 0.29) is 5.91 Å². The molecule has 1 N–H and O–H groups in total.